The van der Waals surface area contributed by atoms with E-state index in [1.54, 1.807) is 12.1 Å². The molecule has 0 radical (unpaired) electrons. The summed E-state index contributed by atoms with van der Waals surface area (Å²) in [5.41, 5.74) is 8.96. The fourth-order valence-electron chi connectivity index (χ4n) is 2.79. The van der Waals surface area contributed by atoms with Crippen molar-refractivity contribution >= 4 is 0 Å². The van der Waals surface area contributed by atoms with E-state index in [0.717, 1.165) is 29.8 Å². The highest BCUT2D eigenvalue weighted by Gasteiger charge is 2.06. The van der Waals surface area contributed by atoms with Crippen molar-refractivity contribution in [3.63, 3.8) is 0 Å². The Labute approximate surface area is 151 Å². The van der Waals surface area contributed by atoms with Gasteiger partial charge in [-0.05, 0) is 30.3 Å². The summed E-state index contributed by atoms with van der Waals surface area (Å²) in [5, 5.41) is 0. The SMILES string of the molecule is CN(Cc1ccc(F)cc1)Cc1ccc(-c2nc(CN)cc(=O)[nH]2)cc1. The fraction of sp³-hybridized carbons (Fsp3) is 0.200. The predicted octanol–water partition coefficient (Wildman–Crippen LogP) is 2.67. The first-order chi connectivity index (χ1) is 12.5. The molecule has 0 amide bonds. The summed E-state index contributed by atoms with van der Waals surface area (Å²) < 4.78 is 13.0. The Morgan fingerprint density at radius 3 is 2.19 bits per heavy atom. The van der Waals surface area contributed by atoms with Crippen molar-refractivity contribution in [1.29, 1.82) is 0 Å². The number of benzene rings is 2. The van der Waals surface area contributed by atoms with Gasteiger partial charge in [0.2, 0.25) is 0 Å². The van der Waals surface area contributed by atoms with E-state index in [0.29, 0.717) is 11.5 Å². The highest BCUT2D eigenvalue weighted by atomic mass is 19.1. The van der Waals surface area contributed by atoms with Crippen LogP contribution >= 0.6 is 0 Å². The maximum atomic E-state index is 13.0. The summed E-state index contributed by atoms with van der Waals surface area (Å²) in [7, 11) is 2.01. The molecule has 0 fully saturated rings. The van der Waals surface area contributed by atoms with Crippen molar-refractivity contribution in [1.82, 2.24) is 14.9 Å². The molecule has 1 aromatic heterocycles. The number of H-pyrrole nitrogens is 1. The molecule has 3 aromatic rings. The summed E-state index contributed by atoms with van der Waals surface area (Å²) in [6, 6.07) is 15.8. The van der Waals surface area contributed by atoms with E-state index < -0.39 is 0 Å². The van der Waals surface area contributed by atoms with Crippen molar-refractivity contribution in [3.05, 3.63) is 87.6 Å². The minimum Gasteiger partial charge on any atom is -0.325 e. The Kier molecular flexibility index (Phi) is 5.55. The Bertz CT molecular complexity index is 920. The lowest BCUT2D eigenvalue weighted by atomic mass is 10.1. The molecule has 0 spiro atoms. The predicted molar refractivity (Wildman–Crippen MR) is 99.8 cm³/mol. The fourth-order valence-corrected chi connectivity index (χ4v) is 2.79. The third kappa shape index (κ3) is 4.62. The first-order valence-corrected chi connectivity index (χ1v) is 8.36. The summed E-state index contributed by atoms with van der Waals surface area (Å²) in [6.45, 7) is 1.71. The molecule has 26 heavy (non-hydrogen) atoms. The van der Waals surface area contributed by atoms with Crippen LogP contribution in [0.1, 0.15) is 16.8 Å². The molecule has 3 N–H and O–H groups in total. The van der Waals surface area contributed by atoms with Crippen LogP contribution in [0.15, 0.2) is 59.4 Å². The number of hydrogen-bond donors (Lipinski definition) is 2. The van der Waals surface area contributed by atoms with E-state index in [9.17, 15) is 9.18 Å². The summed E-state index contributed by atoms with van der Waals surface area (Å²) in [6.07, 6.45) is 0. The number of nitrogens with two attached hydrogens (primary N) is 1. The van der Waals surface area contributed by atoms with Gasteiger partial charge < -0.3 is 10.7 Å². The second-order valence-corrected chi connectivity index (χ2v) is 6.29. The topological polar surface area (TPSA) is 75.0 Å². The number of nitrogens with zero attached hydrogens (tertiary/aromatic N) is 2. The third-order valence-corrected chi connectivity index (χ3v) is 4.05. The molecular weight excluding hydrogens is 331 g/mol. The molecule has 0 saturated heterocycles. The monoisotopic (exact) mass is 352 g/mol. The van der Waals surface area contributed by atoms with Crippen LogP contribution in [0.4, 0.5) is 4.39 Å². The van der Waals surface area contributed by atoms with E-state index in [2.05, 4.69) is 14.9 Å². The molecule has 1 heterocycles. The second kappa shape index (κ2) is 8.03. The average Bonchev–Trinajstić information content (AvgIpc) is 2.63. The van der Waals surface area contributed by atoms with Crippen LogP contribution in [0, 0.1) is 5.82 Å². The quantitative estimate of drug-likeness (QED) is 0.715. The van der Waals surface area contributed by atoms with Crippen LogP contribution in [0.3, 0.4) is 0 Å². The maximum absolute atomic E-state index is 13.0. The molecule has 6 heteroatoms. The van der Waals surface area contributed by atoms with Gasteiger partial charge in [0.1, 0.15) is 11.6 Å². The minimum absolute atomic E-state index is 0.210. The molecular formula is C20H21FN4O. The molecule has 3 rings (SSSR count). The van der Waals surface area contributed by atoms with Gasteiger partial charge in [0, 0.05) is 31.3 Å². The average molecular weight is 352 g/mol. The van der Waals surface area contributed by atoms with Gasteiger partial charge in [-0.3, -0.25) is 9.69 Å². The van der Waals surface area contributed by atoms with E-state index in [-0.39, 0.29) is 17.9 Å². The number of rotatable bonds is 6. The molecule has 134 valence electrons. The van der Waals surface area contributed by atoms with Crippen LogP contribution in [-0.2, 0) is 19.6 Å². The molecule has 0 aliphatic carbocycles. The van der Waals surface area contributed by atoms with Gasteiger partial charge >= 0.3 is 0 Å². The van der Waals surface area contributed by atoms with E-state index in [1.165, 1.54) is 18.2 Å². The van der Waals surface area contributed by atoms with Gasteiger partial charge in [0.05, 0.1) is 5.69 Å². The Morgan fingerprint density at radius 1 is 1.04 bits per heavy atom. The van der Waals surface area contributed by atoms with Crippen LogP contribution in [0.25, 0.3) is 11.4 Å². The Balaban J connectivity index is 1.68. The molecule has 0 atom stereocenters. The lowest BCUT2D eigenvalue weighted by Crippen LogP contribution is -2.17. The second-order valence-electron chi connectivity index (χ2n) is 6.29. The standard InChI is InChI=1S/C20H21FN4O/c1-25(13-15-4-8-17(21)9-5-15)12-14-2-6-16(7-3-14)20-23-18(11-22)10-19(26)24-20/h2-10H,11-13,22H2,1H3,(H,23,24,26). The van der Waals surface area contributed by atoms with Crippen molar-refractivity contribution < 1.29 is 4.39 Å². The largest absolute Gasteiger partial charge is 0.325 e. The zero-order valence-electron chi connectivity index (χ0n) is 14.6. The molecule has 0 saturated carbocycles. The van der Waals surface area contributed by atoms with E-state index in [4.69, 9.17) is 5.73 Å². The van der Waals surface area contributed by atoms with Gasteiger partial charge in [0.25, 0.3) is 5.56 Å². The number of aromatic nitrogens is 2. The molecule has 0 unspecified atom stereocenters. The van der Waals surface area contributed by atoms with Gasteiger partial charge in [0.15, 0.2) is 0 Å². The van der Waals surface area contributed by atoms with Gasteiger partial charge in [-0.25, -0.2) is 9.37 Å². The van der Waals surface area contributed by atoms with E-state index >= 15 is 0 Å². The summed E-state index contributed by atoms with van der Waals surface area (Å²) in [4.78, 5) is 20.9. The number of halogens is 1. The van der Waals surface area contributed by atoms with Gasteiger partial charge in [-0.15, -0.1) is 0 Å². The number of hydrogen-bond acceptors (Lipinski definition) is 4. The van der Waals surface area contributed by atoms with Gasteiger partial charge in [-0.2, -0.15) is 0 Å². The Hall–Kier alpha value is -2.83. The third-order valence-electron chi connectivity index (χ3n) is 4.05. The Morgan fingerprint density at radius 2 is 1.62 bits per heavy atom. The first kappa shape index (κ1) is 18.0. The zero-order chi connectivity index (χ0) is 18.5. The molecule has 0 aliphatic heterocycles. The maximum Gasteiger partial charge on any atom is 0.251 e. The highest BCUT2D eigenvalue weighted by molar-refractivity contribution is 5.55. The van der Waals surface area contributed by atoms with Crippen LogP contribution in [-0.4, -0.2) is 21.9 Å². The normalized spacial score (nSPS) is 11.1. The lowest BCUT2D eigenvalue weighted by Gasteiger charge is -2.17. The van der Waals surface area contributed by atoms with Crippen LogP contribution < -0.4 is 11.3 Å². The molecule has 0 bridgehead atoms. The van der Waals surface area contributed by atoms with Crippen molar-refractivity contribution in [3.8, 4) is 11.4 Å². The minimum atomic E-state index is -0.225. The molecule has 0 aliphatic rings. The molecule has 5 nitrogen and oxygen atoms in total. The van der Waals surface area contributed by atoms with Crippen molar-refractivity contribution in [2.24, 2.45) is 5.73 Å². The van der Waals surface area contributed by atoms with Crippen molar-refractivity contribution in [2.45, 2.75) is 19.6 Å². The number of nitrogens with one attached hydrogen (secondary N) is 1. The summed E-state index contributed by atoms with van der Waals surface area (Å²) in [5.74, 6) is 0.293. The van der Waals surface area contributed by atoms with Crippen LogP contribution in [0.2, 0.25) is 0 Å². The van der Waals surface area contributed by atoms with Gasteiger partial charge in [-0.1, -0.05) is 36.4 Å². The number of aromatic amines is 1. The smallest absolute Gasteiger partial charge is 0.251 e. The summed E-state index contributed by atoms with van der Waals surface area (Å²) >= 11 is 0. The van der Waals surface area contributed by atoms with Crippen LogP contribution in [0.5, 0.6) is 0 Å². The lowest BCUT2D eigenvalue weighted by molar-refractivity contribution is 0.319. The first-order valence-electron chi connectivity index (χ1n) is 8.36. The molecule has 2 aromatic carbocycles. The van der Waals surface area contributed by atoms with Crippen molar-refractivity contribution in [2.75, 3.05) is 7.05 Å². The zero-order valence-corrected chi connectivity index (χ0v) is 14.6. The van der Waals surface area contributed by atoms with E-state index in [1.807, 2.05) is 31.3 Å². The highest BCUT2D eigenvalue weighted by Crippen LogP contribution is 2.16.